The monoisotopic (exact) mass is 373 g/mol. The maximum atomic E-state index is 13.0. The van der Waals surface area contributed by atoms with Gasteiger partial charge in [0, 0.05) is 11.2 Å². The Kier molecular flexibility index (Phi) is 5.53. The minimum atomic E-state index is -0.394. The highest BCUT2D eigenvalue weighted by molar-refractivity contribution is 6.31. The van der Waals surface area contributed by atoms with Crippen molar-refractivity contribution in [1.29, 1.82) is 0 Å². The predicted octanol–water partition coefficient (Wildman–Crippen LogP) is 4.71. The van der Waals surface area contributed by atoms with Gasteiger partial charge >= 0.3 is 0 Å². The molecule has 26 heavy (non-hydrogen) atoms. The van der Waals surface area contributed by atoms with E-state index < -0.39 is 5.91 Å². The molecule has 134 valence electrons. The zero-order chi connectivity index (χ0) is 18.5. The molecule has 0 spiro atoms. The summed E-state index contributed by atoms with van der Waals surface area (Å²) in [5.74, 6) is -0.184. The van der Waals surface area contributed by atoms with Crippen molar-refractivity contribution in [1.82, 2.24) is 9.78 Å². The molecule has 3 aromatic rings. The number of benzene rings is 2. The summed E-state index contributed by atoms with van der Waals surface area (Å²) in [5.41, 5.74) is 1.35. The van der Waals surface area contributed by atoms with Gasteiger partial charge in [-0.05, 0) is 55.0 Å². The maximum absolute atomic E-state index is 13.0. The second-order valence-electron chi connectivity index (χ2n) is 5.57. The highest BCUT2D eigenvalue weighted by atomic mass is 35.5. The van der Waals surface area contributed by atoms with E-state index in [1.54, 1.807) is 42.6 Å². The largest absolute Gasteiger partial charge is 0.491 e. The van der Waals surface area contributed by atoms with Crippen LogP contribution in [0.3, 0.4) is 0 Å². The molecule has 0 aliphatic carbocycles. The van der Waals surface area contributed by atoms with Gasteiger partial charge in [0.15, 0.2) is 5.69 Å². The number of aromatic nitrogens is 2. The Hall–Kier alpha value is -2.86. The zero-order valence-electron chi connectivity index (χ0n) is 14.1. The lowest BCUT2D eigenvalue weighted by Crippen LogP contribution is -2.14. The second kappa shape index (κ2) is 8.01. The zero-order valence-corrected chi connectivity index (χ0v) is 14.8. The van der Waals surface area contributed by atoms with Crippen molar-refractivity contribution >= 4 is 23.2 Å². The second-order valence-corrected chi connectivity index (χ2v) is 6.00. The molecule has 0 saturated heterocycles. The number of hydrogen-bond donors (Lipinski definition) is 1. The van der Waals surface area contributed by atoms with Gasteiger partial charge in [-0.25, -0.2) is 9.07 Å². The standard InChI is InChI=1S/C19H17ClFN3O2/c1-2-11-26-18-8-3-13(20)12-17(18)22-19(25)16-9-10-24(23-16)15-6-4-14(21)5-7-15/h3-10,12H,2,11H2,1H3,(H,22,25). The number of rotatable bonds is 6. The van der Waals surface area contributed by atoms with E-state index in [4.69, 9.17) is 16.3 Å². The van der Waals surface area contributed by atoms with Crippen LogP contribution in [0.25, 0.3) is 5.69 Å². The predicted molar refractivity (Wildman–Crippen MR) is 98.7 cm³/mol. The molecule has 0 fully saturated rings. The molecule has 0 saturated carbocycles. The van der Waals surface area contributed by atoms with Crippen molar-refractivity contribution in [3.8, 4) is 11.4 Å². The molecule has 0 bridgehead atoms. The van der Waals surface area contributed by atoms with Crippen LogP contribution in [0.1, 0.15) is 23.8 Å². The third-order valence-electron chi connectivity index (χ3n) is 3.56. The van der Waals surface area contributed by atoms with Gasteiger partial charge in [0.2, 0.25) is 0 Å². The first-order chi connectivity index (χ1) is 12.6. The van der Waals surface area contributed by atoms with Crippen LogP contribution < -0.4 is 10.1 Å². The van der Waals surface area contributed by atoms with Crippen molar-refractivity contribution in [2.24, 2.45) is 0 Å². The van der Waals surface area contributed by atoms with Crippen molar-refractivity contribution in [2.45, 2.75) is 13.3 Å². The van der Waals surface area contributed by atoms with Crippen molar-refractivity contribution < 1.29 is 13.9 Å². The molecule has 5 nitrogen and oxygen atoms in total. The molecule has 1 N–H and O–H groups in total. The fraction of sp³-hybridized carbons (Fsp3) is 0.158. The summed E-state index contributed by atoms with van der Waals surface area (Å²) >= 11 is 6.02. The molecule has 0 unspecified atom stereocenters. The van der Waals surface area contributed by atoms with Gasteiger partial charge in [0.1, 0.15) is 11.6 Å². The van der Waals surface area contributed by atoms with Crippen LogP contribution in [-0.2, 0) is 0 Å². The first-order valence-corrected chi connectivity index (χ1v) is 8.50. The van der Waals surface area contributed by atoms with E-state index in [0.29, 0.717) is 28.8 Å². The van der Waals surface area contributed by atoms with Crippen molar-refractivity contribution in [3.63, 3.8) is 0 Å². The highest BCUT2D eigenvalue weighted by Crippen LogP contribution is 2.28. The van der Waals surface area contributed by atoms with Gasteiger partial charge in [-0.1, -0.05) is 18.5 Å². The molecule has 3 rings (SSSR count). The number of halogens is 2. The molecule has 1 heterocycles. The summed E-state index contributed by atoms with van der Waals surface area (Å²) in [6.45, 7) is 2.53. The minimum absolute atomic E-state index is 0.218. The Balaban J connectivity index is 1.78. The maximum Gasteiger partial charge on any atom is 0.276 e. The fourth-order valence-corrected chi connectivity index (χ4v) is 2.48. The van der Waals surface area contributed by atoms with Gasteiger partial charge < -0.3 is 10.1 Å². The van der Waals surface area contributed by atoms with E-state index in [9.17, 15) is 9.18 Å². The van der Waals surface area contributed by atoms with Crippen LogP contribution in [0, 0.1) is 5.82 Å². The van der Waals surface area contributed by atoms with E-state index in [1.807, 2.05) is 6.92 Å². The van der Waals surface area contributed by atoms with Crippen molar-refractivity contribution in [3.05, 3.63) is 71.3 Å². The van der Waals surface area contributed by atoms with Crippen LogP contribution in [-0.4, -0.2) is 22.3 Å². The van der Waals surface area contributed by atoms with E-state index >= 15 is 0 Å². The molecule has 1 aromatic heterocycles. The summed E-state index contributed by atoms with van der Waals surface area (Å²) in [4.78, 5) is 12.5. The number of nitrogens with zero attached hydrogens (tertiary/aromatic N) is 2. The van der Waals surface area contributed by atoms with Gasteiger partial charge in [-0.3, -0.25) is 4.79 Å². The number of hydrogen-bond acceptors (Lipinski definition) is 3. The van der Waals surface area contributed by atoms with Crippen LogP contribution in [0.15, 0.2) is 54.7 Å². The number of anilines is 1. The molecular weight excluding hydrogens is 357 g/mol. The summed E-state index contributed by atoms with van der Waals surface area (Å²) < 4.78 is 20.2. The number of carbonyl (C=O) groups is 1. The summed E-state index contributed by atoms with van der Waals surface area (Å²) in [7, 11) is 0. The van der Waals surface area contributed by atoms with Gasteiger partial charge in [-0.15, -0.1) is 0 Å². The Labute approximate surface area is 155 Å². The quantitative estimate of drug-likeness (QED) is 0.681. The number of amides is 1. The summed E-state index contributed by atoms with van der Waals surface area (Å²) in [5, 5.41) is 7.48. The Morgan fingerprint density at radius 1 is 1.23 bits per heavy atom. The third-order valence-corrected chi connectivity index (χ3v) is 3.80. The molecule has 7 heteroatoms. The lowest BCUT2D eigenvalue weighted by molar-refractivity contribution is 0.102. The fourth-order valence-electron chi connectivity index (χ4n) is 2.31. The van der Waals surface area contributed by atoms with Gasteiger partial charge in [-0.2, -0.15) is 5.10 Å². The SMILES string of the molecule is CCCOc1ccc(Cl)cc1NC(=O)c1ccn(-c2ccc(F)cc2)n1. The Morgan fingerprint density at radius 2 is 2.00 bits per heavy atom. The van der Waals surface area contributed by atoms with E-state index in [1.165, 1.54) is 16.8 Å². The molecule has 0 aliphatic rings. The minimum Gasteiger partial charge on any atom is -0.491 e. The highest BCUT2D eigenvalue weighted by Gasteiger charge is 2.14. The van der Waals surface area contributed by atoms with Gasteiger partial charge in [0.25, 0.3) is 5.91 Å². The van der Waals surface area contributed by atoms with E-state index in [-0.39, 0.29) is 11.5 Å². The number of nitrogens with one attached hydrogen (secondary N) is 1. The third kappa shape index (κ3) is 4.21. The average molecular weight is 374 g/mol. The van der Waals surface area contributed by atoms with Crippen LogP contribution >= 0.6 is 11.6 Å². The first kappa shape index (κ1) is 17.9. The molecule has 2 aromatic carbocycles. The van der Waals surface area contributed by atoms with E-state index in [0.717, 1.165) is 6.42 Å². The van der Waals surface area contributed by atoms with E-state index in [2.05, 4.69) is 10.4 Å². The summed E-state index contributed by atoms with van der Waals surface area (Å²) in [6.07, 6.45) is 2.48. The first-order valence-electron chi connectivity index (χ1n) is 8.12. The molecular formula is C19H17ClFN3O2. The Morgan fingerprint density at radius 3 is 2.73 bits per heavy atom. The number of carbonyl (C=O) groups excluding carboxylic acids is 1. The van der Waals surface area contributed by atoms with Crippen LogP contribution in [0.5, 0.6) is 5.75 Å². The van der Waals surface area contributed by atoms with Crippen molar-refractivity contribution in [2.75, 3.05) is 11.9 Å². The lowest BCUT2D eigenvalue weighted by Gasteiger charge is -2.12. The molecule has 0 radical (unpaired) electrons. The van der Waals surface area contributed by atoms with Crippen LogP contribution in [0.2, 0.25) is 5.02 Å². The normalized spacial score (nSPS) is 10.6. The topological polar surface area (TPSA) is 56.1 Å². The summed E-state index contributed by atoms with van der Waals surface area (Å²) in [6, 6.07) is 12.4. The molecule has 0 aliphatic heterocycles. The molecule has 0 atom stereocenters. The smallest absolute Gasteiger partial charge is 0.276 e. The van der Waals surface area contributed by atoms with Crippen LogP contribution in [0.4, 0.5) is 10.1 Å². The average Bonchev–Trinajstić information content (AvgIpc) is 3.12. The lowest BCUT2D eigenvalue weighted by atomic mass is 10.2. The molecule has 1 amide bonds. The Bertz CT molecular complexity index is 909. The van der Waals surface area contributed by atoms with Gasteiger partial charge in [0.05, 0.1) is 18.0 Å². The number of ether oxygens (including phenoxy) is 1.